The summed E-state index contributed by atoms with van der Waals surface area (Å²) in [5, 5.41) is 0. The molecule has 0 saturated heterocycles. The first kappa shape index (κ1) is 14.4. The molecule has 0 atom stereocenters. The van der Waals surface area contributed by atoms with Crippen LogP contribution in [0.1, 0.15) is 34.6 Å². The molecule has 0 fully saturated rings. The van der Waals surface area contributed by atoms with Crippen molar-refractivity contribution >= 4 is 12.3 Å². The average Bonchev–Trinajstić information content (AvgIpc) is 2.21. The Morgan fingerprint density at radius 1 is 1.38 bits per heavy atom. The topological polar surface area (TPSA) is 37.4 Å². The van der Waals surface area contributed by atoms with Gasteiger partial charge in [-0.25, -0.2) is 0 Å². The standard InChI is InChI=1S/C8H13NO2.C2H6/c1-4-7(3)8(11)9(5-2)6-10;1-2/h4,6H,5H2,1-3H3;1-2H3/b7-4-;. The van der Waals surface area contributed by atoms with E-state index in [2.05, 4.69) is 0 Å². The molecule has 3 heteroatoms. The van der Waals surface area contributed by atoms with Crippen LogP contribution in [0.5, 0.6) is 0 Å². The lowest BCUT2D eigenvalue weighted by molar-refractivity contribution is -0.134. The molecule has 0 aliphatic carbocycles. The maximum Gasteiger partial charge on any atom is 0.255 e. The Hall–Kier alpha value is -1.12. The van der Waals surface area contributed by atoms with Gasteiger partial charge in [0.15, 0.2) is 0 Å². The zero-order valence-corrected chi connectivity index (χ0v) is 9.13. The lowest BCUT2D eigenvalue weighted by Crippen LogP contribution is -2.29. The van der Waals surface area contributed by atoms with Gasteiger partial charge in [0, 0.05) is 12.1 Å². The smallest absolute Gasteiger partial charge is 0.255 e. The summed E-state index contributed by atoms with van der Waals surface area (Å²) in [5.41, 5.74) is 0.596. The largest absolute Gasteiger partial charge is 0.282 e. The molecule has 0 spiro atoms. The van der Waals surface area contributed by atoms with Crippen LogP contribution in [0.2, 0.25) is 0 Å². The number of imide groups is 1. The van der Waals surface area contributed by atoms with Crippen molar-refractivity contribution in [1.82, 2.24) is 4.90 Å². The zero-order valence-electron chi connectivity index (χ0n) is 9.13. The molecular weight excluding hydrogens is 166 g/mol. The summed E-state index contributed by atoms with van der Waals surface area (Å²) in [5.74, 6) is -0.218. The average molecular weight is 185 g/mol. The number of amides is 2. The molecule has 0 aromatic heterocycles. The van der Waals surface area contributed by atoms with Gasteiger partial charge in [-0.15, -0.1) is 0 Å². The van der Waals surface area contributed by atoms with Crippen LogP contribution in [0.3, 0.4) is 0 Å². The normalized spacial score (nSPS) is 9.77. The third-order valence-electron chi connectivity index (χ3n) is 1.50. The predicted molar refractivity (Wildman–Crippen MR) is 54.2 cm³/mol. The molecule has 3 nitrogen and oxygen atoms in total. The van der Waals surface area contributed by atoms with E-state index in [1.165, 1.54) is 0 Å². The van der Waals surface area contributed by atoms with Crippen LogP contribution < -0.4 is 0 Å². The number of hydrogen-bond acceptors (Lipinski definition) is 2. The van der Waals surface area contributed by atoms with Gasteiger partial charge in [0.25, 0.3) is 5.91 Å². The van der Waals surface area contributed by atoms with Gasteiger partial charge in [-0.3, -0.25) is 14.5 Å². The summed E-state index contributed by atoms with van der Waals surface area (Å²) in [6.45, 7) is 9.64. The SMILES string of the molecule is C/C=C(/C)C(=O)N(C=O)CC.CC. The minimum absolute atomic E-state index is 0.218. The second-order valence-electron chi connectivity index (χ2n) is 2.17. The Bertz CT molecular complexity index is 185. The van der Waals surface area contributed by atoms with Gasteiger partial charge in [-0.05, 0) is 20.8 Å². The molecule has 13 heavy (non-hydrogen) atoms. The van der Waals surface area contributed by atoms with Crippen molar-refractivity contribution in [2.75, 3.05) is 6.54 Å². The van der Waals surface area contributed by atoms with Crippen LogP contribution in [-0.2, 0) is 9.59 Å². The van der Waals surface area contributed by atoms with Crippen LogP contribution >= 0.6 is 0 Å². The van der Waals surface area contributed by atoms with E-state index in [1.807, 2.05) is 13.8 Å². The highest BCUT2D eigenvalue weighted by Gasteiger charge is 2.10. The van der Waals surface area contributed by atoms with Crippen LogP contribution in [-0.4, -0.2) is 23.8 Å². The summed E-state index contributed by atoms with van der Waals surface area (Å²) in [4.78, 5) is 22.6. The molecule has 0 aliphatic heterocycles. The third-order valence-corrected chi connectivity index (χ3v) is 1.50. The van der Waals surface area contributed by atoms with E-state index in [-0.39, 0.29) is 5.91 Å². The van der Waals surface area contributed by atoms with E-state index >= 15 is 0 Å². The van der Waals surface area contributed by atoms with Crippen molar-refractivity contribution < 1.29 is 9.59 Å². The summed E-state index contributed by atoms with van der Waals surface area (Å²) in [6, 6.07) is 0. The predicted octanol–water partition coefficient (Wildman–Crippen LogP) is 1.98. The lowest BCUT2D eigenvalue weighted by Gasteiger charge is -2.11. The molecule has 76 valence electrons. The van der Waals surface area contributed by atoms with Crippen LogP contribution in [0.15, 0.2) is 11.6 Å². The highest BCUT2D eigenvalue weighted by atomic mass is 16.2. The lowest BCUT2D eigenvalue weighted by atomic mass is 10.2. The molecule has 0 N–H and O–H groups in total. The fraction of sp³-hybridized carbons (Fsp3) is 0.600. The number of rotatable bonds is 3. The minimum atomic E-state index is -0.218. The number of hydrogen-bond donors (Lipinski definition) is 0. The summed E-state index contributed by atoms with van der Waals surface area (Å²) >= 11 is 0. The van der Waals surface area contributed by atoms with Gasteiger partial charge in [0.2, 0.25) is 6.41 Å². The van der Waals surface area contributed by atoms with Crippen molar-refractivity contribution in [1.29, 1.82) is 0 Å². The first-order valence-corrected chi connectivity index (χ1v) is 4.56. The Labute approximate surface area is 80.4 Å². The maximum absolute atomic E-state index is 11.2. The molecular formula is C10H19NO2. The van der Waals surface area contributed by atoms with Crippen molar-refractivity contribution in [2.45, 2.75) is 34.6 Å². The van der Waals surface area contributed by atoms with E-state index in [0.717, 1.165) is 4.90 Å². The highest BCUT2D eigenvalue weighted by molar-refractivity contribution is 5.98. The number of allylic oxidation sites excluding steroid dienone is 1. The fourth-order valence-electron chi connectivity index (χ4n) is 0.616. The van der Waals surface area contributed by atoms with Gasteiger partial charge in [-0.1, -0.05) is 19.9 Å². The monoisotopic (exact) mass is 185 g/mol. The Morgan fingerprint density at radius 2 is 1.85 bits per heavy atom. The number of likely N-dealkylation sites (N-methyl/N-ethyl adjacent to an activating group) is 1. The van der Waals surface area contributed by atoms with Gasteiger partial charge in [0.1, 0.15) is 0 Å². The molecule has 0 radical (unpaired) electrons. The Morgan fingerprint density at radius 3 is 2.08 bits per heavy atom. The second kappa shape index (κ2) is 8.97. The van der Waals surface area contributed by atoms with E-state index in [0.29, 0.717) is 18.5 Å². The van der Waals surface area contributed by atoms with Crippen molar-refractivity contribution in [3.8, 4) is 0 Å². The summed E-state index contributed by atoms with van der Waals surface area (Å²) in [7, 11) is 0. The highest BCUT2D eigenvalue weighted by Crippen LogP contribution is 1.97. The Balaban J connectivity index is 0. The molecule has 0 rings (SSSR count). The molecule has 0 unspecified atom stereocenters. The Kier molecular flexibility index (Phi) is 9.94. The van der Waals surface area contributed by atoms with E-state index in [4.69, 9.17) is 0 Å². The molecule has 0 bridgehead atoms. The summed E-state index contributed by atoms with van der Waals surface area (Å²) < 4.78 is 0. The summed E-state index contributed by atoms with van der Waals surface area (Å²) in [6.07, 6.45) is 2.24. The molecule has 0 saturated carbocycles. The zero-order chi connectivity index (χ0) is 10.9. The second-order valence-corrected chi connectivity index (χ2v) is 2.17. The number of carbonyl (C=O) groups is 2. The van der Waals surface area contributed by atoms with Crippen LogP contribution in [0.25, 0.3) is 0 Å². The van der Waals surface area contributed by atoms with Gasteiger partial charge >= 0.3 is 0 Å². The van der Waals surface area contributed by atoms with Crippen molar-refractivity contribution in [2.24, 2.45) is 0 Å². The quantitative estimate of drug-likeness (QED) is 0.498. The van der Waals surface area contributed by atoms with Gasteiger partial charge in [-0.2, -0.15) is 0 Å². The van der Waals surface area contributed by atoms with Gasteiger partial charge in [0.05, 0.1) is 0 Å². The maximum atomic E-state index is 11.2. The minimum Gasteiger partial charge on any atom is -0.282 e. The van der Waals surface area contributed by atoms with Crippen LogP contribution in [0.4, 0.5) is 0 Å². The van der Waals surface area contributed by atoms with Crippen LogP contribution in [0, 0.1) is 0 Å². The number of nitrogens with zero attached hydrogens (tertiary/aromatic N) is 1. The molecule has 0 aliphatic rings. The number of carbonyl (C=O) groups excluding carboxylic acids is 2. The molecule has 0 heterocycles. The van der Waals surface area contributed by atoms with E-state index < -0.39 is 0 Å². The molecule has 2 amide bonds. The first-order chi connectivity index (χ1) is 6.17. The fourth-order valence-corrected chi connectivity index (χ4v) is 0.616. The van der Waals surface area contributed by atoms with E-state index in [1.54, 1.807) is 26.8 Å². The van der Waals surface area contributed by atoms with E-state index in [9.17, 15) is 9.59 Å². The van der Waals surface area contributed by atoms with Crippen molar-refractivity contribution in [3.05, 3.63) is 11.6 Å². The van der Waals surface area contributed by atoms with Gasteiger partial charge < -0.3 is 0 Å². The van der Waals surface area contributed by atoms with Crippen molar-refractivity contribution in [3.63, 3.8) is 0 Å². The molecule has 0 aromatic rings. The third kappa shape index (κ3) is 5.17. The molecule has 0 aromatic carbocycles. The first-order valence-electron chi connectivity index (χ1n) is 4.56.